The number of hydrogen-bond donors (Lipinski definition) is 0. The zero-order chi connectivity index (χ0) is 16.5. The second-order valence-electron chi connectivity index (χ2n) is 5.98. The molecular weight excluding hydrogens is 307 g/mol. The van der Waals surface area contributed by atoms with Crippen LogP contribution >= 0.6 is 0 Å². The number of rotatable bonds is 3. The fourth-order valence-electron chi connectivity index (χ4n) is 3.28. The fourth-order valence-corrected chi connectivity index (χ4v) is 3.28. The number of aldehydes is 1. The lowest BCUT2D eigenvalue weighted by Gasteiger charge is -2.28. The van der Waals surface area contributed by atoms with Crippen molar-refractivity contribution in [3.63, 3.8) is 0 Å². The SMILES string of the molecule is O=Cc1c(-c2ccc(F)cc2)nn2ccnc(N3CCCCC3)c12. The summed E-state index contributed by atoms with van der Waals surface area (Å²) in [6, 6.07) is 6.02. The number of aromatic nitrogens is 3. The molecule has 0 radical (unpaired) electrons. The van der Waals surface area contributed by atoms with Crippen molar-refractivity contribution < 1.29 is 9.18 Å². The number of benzene rings is 1. The largest absolute Gasteiger partial charge is 0.355 e. The zero-order valence-corrected chi connectivity index (χ0v) is 13.2. The maximum atomic E-state index is 13.2. The molecule has 1 aromatic carbocycles. The van der Waals surface area contributed by atoms with E-state index < -0.39 is 0 Å². The van der Waals surface area contributed by atoms with Crippen molar-refractivity contribution in [2.75, 3.05) is 18.0 Å². The first kappa shape index (κ1) is 14.8. The summed E-state index contributed by atoms with van der Waals surface area (Å²) in [5, 5.41) is 4.54. The van der Waals surface area contributed by atoms with Gasteiger partial charge in [0.2, 0.25) is 0 Å². The number of hydrogen-bond acceptors (Lipinski definition) is 4. The van der Waals surface area contributed by atoms with E-state index >= 15 is 0 Å². The molecule has 0 N–H and O–H groups in total. The molecule has 4 rings (SSSR count). The summed E-state index contributed by atoms with van der Waals surface area (Å²) in [5.41, 5.74) is 2.48. The van der Waals surface area contributed by atoms with E-state index in [-0.39, 0.29) is 5.82 Å². The van der Waals surface area contributed by atoms with Gasteiger partial charge in [-0.2, -0.15) is 5.10 Å². The fraction of sp³-hybridized carbons (Fsp3) is 0.278. The van der Waals surface area contributed by atoms with E-state index in [1.807, 2.05) is 0 Å². The zero-order valence-electron chi connectivity index (χ0n) is 13.2. The van der Waals surface area contributed by atoms with Crippen LogP contribution in [0.2, 0.25) is 0 Å². The molecule has 0 aliphatic carbocycles. The van der Waals surface area contributed by atoms with Gasteiger partial charge >= 0.3 is 0 Å². The molecule has 5 nitrogen and oxygen atoms in total. The van der Waals surface area contributed by atoms with Crippen LogP contribution in [0.15, 0.2) is 36.7 Å². The van der Waals surface area contributed by atoms with Gasteiger partial charge in [0.15, 0.2) is 12.1 Å². The van der Waals surface area contributed by atoms with E-state index in [2.05, 4.69) is 15.0 Å². The molecule has 0 bridgehead atoms. The average Bonchev–Trinajstić information content (AvgIpc) is 3.01. The molecule has 1 aliphatic heterocycles. The molecule has 3 aromatic rings. The lowest BCUT2D eigenvalue weighted by Crippen LogP contribution is -2.30. The summed E-state index contributed by atoms with van der Waals surface area (Å²) in [4.78, 5) is 18.5. The first-order valence-corrected chi connectivity index (χ1v) is 8.11. The molecule has 0 saturated carbocycles. The highest BCUT2D eigenvalue weighted by atomic mass is 19.1. The van der Waals surface area contributed by atoms with Crippen LogP contribution in [-0.2, 0) is 0 Å². The minimum atomic E-state index is -0.314. The van der Waals surface area contributed by atoms with Gasteiger partial charge in [-0.15, -0.1) is 0 Å². The summed E-state index contributed by atoms with van der Waals surface area (Å²) >= 11 is 0. The highest BCUT2D eigenvalue weighted by molar-refractivity contribution is 5.98. The number of carbonyl (C=O) groups excluding carboxylic acids is 1. The van der Waals surface area contributed by atoms with Gasteiger partial charge in [0.25, 0.3) is 0 Å². The second kappa shape index (κ2) is 6.03. The van der Waals surface area contributed by atoms with Crippen molar-refractivity contribution in [3.8, 4) is 11.3 Å². The van der Waals surface area contributed by atoms with Crippen LogP contribution in [0.3, 0.4) is 0 Å². The smallest absolute Gasteiger partial charge is 0.155 e. The summed E-state index contributed by atoms with van der Waals surface area (Å²) in [6.07, 6.45) is 7.72. The lowest BCUT2D eigenvalue weighted by atomic mass is 10.1. The molecule has 0 spiro atoms. The Morgan fingerprint density at radius 2 is 1.83 bits per heavy atom. The number of fused-ring (bicyclic) bond motifs is 1. The minimum Gasteiger partial charge on any atom is -0.355 e. The topological polar surface area (TPSA) is 50.5 Å². The second-order valence-corrected chi connectivity index (χ2v) is 5.98. The van der Waals surface area contributed by atoms with Crippen LogP contribution in [-0.4, -0.2) is 34.0 Å². The Labute approximate surface area is 138 Å². The molecule has 0 amide bonds. The number of carbonyl (C=O) groups is 1. The van der Waals surface area contributed by atoms with Crippen molar-refractivity contribution >= 4 is 17.6 Å². The van der Waals surface area contributed by atoms with Gasteiger partial charge in [-0.1, -0.05) is 0 Å². The average molecular weight is 324 g/mol. The van der Waals surface area contributed by atoms with Gasteiger partial charge in [-0.05, 0) is 43.5 Å². The van der Waals surface area contributed by atoms with Gasteiger partial charge < -0.3 is 4.90 Å². The molecule has 0 unspecified atom stereocenters. The maximum absolute atomic E-state index is 13.2. The first-order chi connectivity index (χ1) is 11.8. The van der Waals surface area contributed by atoms with Crippen LogP contribution in [0.1, 0.15) is 29.6 Å². The Bertz CT molecular complexity index is 882. The number of piperidine rings is 1. The summed E-state index contributed by atoms with van der Waals surface area (Å²) in [5.74, 6) is 0.478. The highest BCUT2D eigenvalue weighted by Crippen LogP contribution is 2.31. The van der Waals surface area contributed by atoms with Gasteiger partial charge in [-0.3, -0.25) is 4.79 Å². The van der Waals surface area contributed by atoms with E-state index in [1.54, 1.807) is 29.0 Å². The monoisotopic (exact) mass is 324 g/mol. The minimum absolute atomic E-state index is 0.314. The third-order valence-electron chi connectivity index (χ3n) is 4.45. The van der Waals surface area contributed by atoms with Crippen LogP contribution in [0, 0.1) is 5.82 Å². The quantitative estimate of drug-likeness (QED) is 0.693. The van der Waals surface area contributed by atoms with E-state index in [0.29, 0.717) is 22.3 Å². The Kier molecular flexibility index (Phi) is 3.72. The molecule has 1 saturated heterocycles. The van der Waals surface area contributed by atoms with Gasteiger partial charge in [0.05, 0.1) is 5.56 Å². The number of nitrogens with zero attached hydrogens (tertiary/aromatic N) is 4. The van der Waals surface area contributed by atoms with Crippen LogP contribution in [0.4, 0.5) is 10.2 Å². The third-order valence-corrected chi connectivity index (χ3v) is 4.45. The van der Waals surface area contributed by atoms with Crippen molar-refractivity contribution in [1.29, 1.82) is 0 Å². The van der Waals surface area contributed by atoms with E-state index in [0.717, 1.165) is 38.0 Å². The molecule has 6 heteroatoms. The molecular formula is C18H17FN4O. The Balaban J connectivity index is 1.90. The Hall–Kier alpha value is -2.76. The molecule has 1 aliphatic rings. The van der Waals surface area contributed by atoms with Crippen LogP contribution < -0.4 is 4.90 Å². The van der Waals surface area contributed by atoms with Crippen molar-refractivity contribution in [2.24, 2.45) is 0 Å². The lowest BCUT2D eigenvalue weighted by molar-refractivity contribution is 0.112. The van der Waals surface area contributed by atoms with E-state index in [1.165, 1.54) is 18.6 Å². The van der Waals surface area contributed by atoms with E-state index in [9.17, 15) is 9.18 Å². The van der Waals surface area contributed by atoms with E-state index in [4.69, 9.17) is 0 Å². The molecule has 24 heavy (non-hydrogen) atoms. The van der Waals surface area contributed by atoms with Gasteiger partial charge in [0.1, 0.15) is 17.0 Å². The third kappa shape index (κ3) is 2.44. The standard InChI is InChI=1S/C18H17FN4O/c19-14-6-4-13(5-7-14)16-15(12-24)17-18(20-8-11-23(17)21-16)22-9-2-1-3-10-22/h4-8,11-12H,1-3,9-10H2. The van der Waals surface area contributed by atoms with Crippen molar-refractivity contribution in [2.45, 2.75) is 19.3 Å². The van der Waals surface area contributed by atoms with Gasteiger partial charge in [-0.25, -0.2) is 13.9 Å². The summed E-state index contributed by atoms with van der Waals surface area (Å²) < 4.78 is 14.9. The molecule has 122 valence electrons. The summed E-state index contributed by atoms with van der Waals surface area (Å²) in [7, 11) is 0. The maximum Gasteiger partial charge on any atom is 0.155 e. The summed E-state index contributed by atoms with van der Waals surface area (Å²) in [6.45, 7) is 1.87. The van der Waals surface area contributed by atoms with Crippen LogP contribution in [0.25, 0.3) is 16.8 Å². The molecule has 0 atom stereocenters. The molecule has 1 fully saturated rings. The van der Waals surface area contributed by atoms with Crippen molar-refractivity contribution in [3.05, 3.63) is 48.0 Å². The van der Waals surface area contributed by atoms with Crippen molar-refractivity contribution in [1.82, 2.24) is 14.6 Å². The predicted molar refractivity (Wildman–Crippen MR) is 89.8 cm³/mol. The number of halogens is 1. The van der Waals surface area contributed by atoms with Gasteiger partial charge in [0, 0.05) is 31.0 Å². The Morgan fingerprint density at radius 1 is 1.08 bits per heavy atom. The highest BCUT2D eigenvalue weighted by Gasteiger charge is 2.22. The predicted octanol–water partition coefficient (Wildman–Crippen LogP) is 3.34. The number of anilines is 1. The molecule has 2 aromatic heterocycles. The Morgan fingerprint density at radius 3 is 2.54 bits per heavy atom. The van der Waals surface area contributed by atoms with Crippen LogP contribution in [0.5, 0.6) is 0 Å². The molecule has 3 heterocycles. The first-order valence-electron chi connectivity index (χ1n) is 8.11. The normalized spacial score (nSPS) is 15.0.